The molecule has 0 fully saturated rings. The van der Waals surface area contributed by atoms with E-state index in [1.165, 1.54) is 0 Å². The molecule has 0 spiro atoms. The molecule has 13 heteroatoms. The van der Waals surface area contributed by atoms with Gasteiger partial charge in [-0.1, -0.05) is 0 Å². The molecule has 124 valence electrons. The summed E-state index contributed by atoms with van der Waals surface area (Å²) in [6.45, 7) is 3.97. The van der Waals surface area contributed by atoms with Crippen LogP contribution in [0.3, 0.4) is 0 Å². The Balaban J connectivity index is -0.000000602. The number of hydrogen-bond donors (Lipinski definition) is 0. The van der Waals surface area contributed by atoms with Gasteiger partial charge in [-0.3, -0.25) is 19.2 Å². The molecule has 2 radical (unpaired) electrons. The second-order valence-electron chi connectivity index (χ2n) is 3.44. The van der Waals surface area contributed by atoms with Gasteiger partial charge in [-0.05, 0) is 0 Å². The van der Waals surface area contributed by atoms with Crippen LogP contribution in [0.25, 0.3) is 0 Å². The zero-order valence-electron chi connectivity index (χ0n) is 14.1. The zero-order chi connectivity index (χ0) is 15.7. The molecule has 0 aromatic carbocycles. The predicted molar refractivity (Wildman–Crippen MR) is 75.6 cm³/mol. The van der Waals surface area contributed by atoms with Crippen molar-refractivity contribution in [1.29, 1.82) is 0 Å². The summed E-state index contributed by atoms with van der Waals surface area (Å²) >= 11 is 0. The molecule has 0 atom stereocenters. The van der Waals surface area contributed by atoms with Gasteiger partial charge in [-0.25, -0.2) is 0 Å². The Morgan fingerprint density at radius 2 is 0.783 bits per heavy atom. The standard InChI is InChI=1S/C10H16N2O8.2Na.H2O/c1-7(13)17-11(18-8(2)14)5-6-12(19-9(3)15)20-10(4)16;;;/h5-6H2,1-4H3;;;1H2. The van der Waals surface area contributed by atoms with Crippen molar-refractivity contribution >= 4 is 83.0 Å². The smallest absolute Gasteiger partial charge is 0.326 e. The Morgan fingerprint density at radius 1 is 0.609 bits per heavy atom. The summed E-state index contributed by atoms with van der Waals surface area (Å²) in [5.74, 6) is -2.90. The average molecular weight is 356 g/mol. The Bertz CT molecular complexity index is 327. The largest absolute Gasteiger partial charge is 0.412 e. The fraction of sp³-hybridized carbons (Fsp3) is 0.600. The summed E-state index contributed by atoms with van der Waals surface area (Å²) < 4.78 is 0. The van der Waals surface area contributed by atoms with Gasteiger partial charge < -0.3 is 24.8 Å². The van der Waals surface area contributed by atoms with Crippen molar-refractivity contribution in [1.82, 2.24) is 10.5 Å². The molecule has 0 aliphatic rings. The molecule has 0 aromatic rings. The van der Waals surface area contributed by atoms with Gasteiger partial charge in [0.15, 0.2) is 0 Å². The molecule has 11 nitrogen and oxygen atoms in total. The van der Waals surface area contributed by atoms with Gasteiger partial charge in [0.2, 0.25) is 0 Å². The first-order valence-corrected chi connectivity index (χ1v) is 5.50. The Kier molecular flexibility index (Phi) is 22.1. The fourth-order valence-electron chi connectivity index (χ4n) is 0.957. The maximum atomic E-state index is 10.8. The molecule has 2 N–H and O–H groups in total. The van der Waals surface area contributed by atoms with Crippen LogP contribution in [0, 0.1) is 0 Å². The Morgan fingerprint density at radius 3 is 0.913 bits per heavy atom. The molecule has 0 rings (SSSR count). The van der Waals surface area contributed by atoms with E-state index in [4.69, 9.17) is 0 Å². The first kappa shape index (κ1) is 30.6. The minimum absolute atomic E-state index is 0. The van der Waals surface area contributed by atoms with Crippen LogP contribution in [0.15, 0.2) is 0 Å². The average Bonchev–Trinajstić information content (AvgIpc) is 2.22. The van der Waals surface area contributed by atoms with Crippen LogP contribution in [-0.4, -0.2) is 112 Å². The van der Waals surface area contributed by atoms with Gasteiger partial charge in [-0.2, -0.15) is 0 Å². The summed E-state index contributed by atoms with van der Waals surface area (Å²) in [4.78, 5) is 61.4. The molecule has 0 aromatic heterocycles. The zero-order valence-corrected chi connectivity index (χ0v) is 18.1. The third kappa shape index (κ3) is 19.7. The monoisotopic (exact) mass is 356 g/mol. The Labute approximate surface area is 177 Å². The number of carbonyl (C=O) groups excluding carboxylic acids is 4. The molecule has 0 bridgehead atoms. The van der Waals surface area contributed by atoms with Crippen LogP contribution in [0.4, 0.5) is 0 Å². The molecular formula is C10H18N2Na2O9. The normalized spacial score (nSPS) is 8.78. The molecule has 23 heavy (non-hydrogen) atoms. The van der Waals surface area contributed by atoms with Crippen molar-refractivity contribution in [3.8, 4) is 0 Å². The summed E-state index contributed by atoms with van der Waals surface area (Å²) in [5.41, 5.74) is 0. The summed E-state index contributed by atoms with van der Waals surface area (Å²) in [6, 6.07) is 0. The number of hydroxylamine groups is 4. The van der Waals surface area contributed by atoms with Crippen LogP contribution >= 0.6 is 0 Å². The number of rotatable bonds is 7. The van der Waals surface area contributed by atoms with E-state index in [-0.39, 0.29) is 77.7 Å². The van der Waals surface area contributed by atoms with Gasteiger partial charge in [0, 0.05) is 97.3 Å². The van der Waals surface area contributed by atoms with E-state index < -0.39 is 23.9 Å². The SMILES string of the molecule is CC(=O)ON(CCN(OC(C)=O)OC(C)=O)OC(C)=O.O.[Na].[Na]. The topological polar surface area (TPSA) is 143 Å². The maximum Gasteiger partial charge on any atom is 0.326 e. The van der Waals surface area contributed by atoms with E-state index in [0.29, 0.717) is 10.5 Å². The molecule has 0 aliphatic heterocycles. The van der Waals surface area contributed by atoms with E-state index in [0.717, 1.165) is 27.7 Å². The van der Waals surface area contributed by atoms with E-state index >= 15 is 0 Å². The number of carbonyl (C=O) groups is 4. The van der Waals surface area contributed by atoms with Gasteiger partial charge >= 0.3 is 23.9 Å². The third-order valence-electron chi connectivity index (χ3n) is 1.39. The van der Waals surface area contributed by atoms with Crippen LogP contribution < -0.4 is 0 Å². The van der Waals surface area contributed by atoms with Crippen molar-refractivity contribution in [2.24, 2.45) is 0 Å². The molecule has 0 unspecified atom stereocenters. The second kappa shape index (κ2) is 16.6. The predicted octanol–water partition coefficient (Wildman–Crippen LogP) is -2.08. The molecular weight excluding hydrogens is 338 g/mol. The van der Waals surface area contributed by atoms with Crippen molar-refractivity contribution in [2.75, 3.05) is 13.1 Å². The van der Waals surface area contributed by atoms with E-state index in [1.807, 2.05) is 0 Å². The van der Waals surface area contributed by atoms with Crippen LogP contribution in [0.5, 0.6) is 0 Å². The van der Waals surface area contributed by atoms with Crippen molar-refractivity contribution in [3.05, 3.63) is 0 Å². The first-order chi connectivity index (χ1) is 9.20. The quantitative estimate of drug-likeness (QED) is 0.368. The van der Waals surface area contributed by atoms with Crippen LogP contribution in [0.1, 0.15) is 27.7 Å². The molecule has 0 saturated heterocycles. The summed E-state index contributed by atoms with van der Waals surface area (Å²) in [5, 5.41) is 1.15. The fourth-order valence-corrected chi connectivity index (χ4v) is 0.957. The third-order valence-corrected chi connectivity index (χ3v) is 1.39. The number of nitrogens with zero attached hydrogens (tertiary/aromatic N) is 2. The number of hydrogen-bond acceptors (Lipinski definition) is 10. The molecule has 0 saturated carbocycles. The van der Waals surface area contributed by atoms with Crippen molar-refractivity contribution in [3.63, 3.8) is 0 Å². The summed E-state index contributed by atoms with van der Waals surface area (Å²) in [7, 11) is 0. The minimum atomic E-state index is -0.724. The van der Waals surface area contributed by atoms with Crippen molar-refractivity contribution in [2.45, 2.75) is 27.7 Å². The van der Waals surface area contributed by atoms with Gasteiger partial charge in [0.1, 0.15) is 0 Å². The summed E-state index contributed by atoms with van der Waals surface area (Å²) in [6.07, 6.45) is 0. The van der Waals surface area contributed by atoms with E-state index in [1.54, 1.807) is 0 Å². The van der Waals surface area contributed by atoms with Crippen LogP contribution in [-0.2, 0) is 38.5 Å². The van der Waals surface area contributed by atoms with Gasteiger partial charge in [-0.15, -0.1) is 0 Å². The minimum Gasteiger partial charge on any atom is -0.412 e. The Hall–Kier alpha value is -0.240. The van der Waals surface area contributed by atoms with E-state index in [2.05, 4.69) is 19.4 Å². The van der Waals surface area contributed by atoms with E-state index in [9.17, 15) is 19.2 Å². The van der Waals surface area contributed by atoms with Crippen molar-refractivity contribution < 1.29 is 44.0 Å². The first-order valence-electron chi connectivity index (χ1n) is 5.50. The maximum absolute atomic E-state index is 10.8. The second-order valence-corrected chi connectivity index (χ2v) is 3.44. The van der Waals surface area contributed by atoms with Crippen LogP contribution in [0.2, 0.25) is 0 Å². The van der Waals surface area contributed by atoms with Gasteiger partial charge in [0.25, 0.3) is 0 Å². The molecule has 0 amide bonds. The molecule has 0 aliphatic carbocycles. The van der Waals surface area contributed by atoms with Gasteiger partial charge in [0.05, 0.1) is 13.1 Å². The molecule has 0 heterocycles.